The number of nitrogens with zero attached hydrogens (tertiary/aromatic N) is 1. The van der Waals surface area contributed by atoms with E-state index in [0.717, 1.165) is 31.4 Å². The highest BCUT2D eigenvalue weighted by Gasteiger charge is 2.27. The summed E-state index contributed by atoms with van der Waals surface area (Å²) in [6.07, 6.45) is 9.58. The van der Waals surface area contributed by atoms with Crippen LogP contribution in [-0.4, -0.2) is 39.7 Å². The number of benzene rings is 1. The summed E-state index contributed by atoms with van der Waals surface area (Å²) in [5.74, 6) is -0.148. The minimum atomic E-state index is -0.284. The molecule has 3 N–H and O–H groups in total. The largest absolute Gasteiger partial charge is 0.508 e. The van der Waals surface area contributed by atoms with Gasteiger partial charge in [0.15, 0.2) is 0 Å². The molecule has 134 valence electrons. The van der Waals surface area contributed by atoms with E-state index in [-0.39, 0.29) is 30.2 Å². The monoisotopic (exact) mass is 362 g/mol. The summed E-state index contributed by atoms with van der Waals surface area (Å²) in [4.78, 5) is 14.3. The normalized spacial score (nSPS) is 23.3. The van der Waals surface area contributed by atoms with Crippen molar-refractivity contribution in [2.45, 2.75) is 44.2 Å². The molecule has 0 aromatic heterocycles. The zero-order valence-corrected chi connectivity index (χ0v) is 14.7. The summed E-state index contributed by atoms with van der Waals surface area (Å²) in [5.41, 5.74) is 1.23. The molecule has 1 aliphatic heterocycles. The average molecular weight is 363 g/mol. The Hall–Kier alpha value is -1.98. The van der Waals surface area contributed by atoms with Crippen molar-refractivity contribution >= 4 is 17.5 Å². The Bertz CT molecular complexity index is 702. The Labute approximate surface area is 152 Å². The number of amides is 1. The molecule has 1 aliphatic carbocycles. The molecule has 0 unspecified atom stereocenters. The van der Waals surface area contributed by atoms with Crippen LogP contribution in [0.3, 0.4) is 0 Å². The van der Waals surface area contributed by atoms with Gasteiger partial charge in [-0.05, 0) is 43.2 Å². The van der Waals surface area contributed by atoms with Crippen LogP contribution in [0.25, 0.3) is 0 Å². The number of phenols is 1. The van der Waals surface area contributed by atoms with E-state index >= 15 is 0 Å². The number of hydrogen-bond donors (Lipinski definition) is 3. The Kier molecular flexibility index (Phi) is 5.66. The minimum Gasteiger partial charge on any atom is -0.508 e. The van der Waals surface area contributed by atoms with Crippen LogP contribution < -0.4 is 5.32 Å². The maximum absolute atomic E-state index is 12.2. The lowest BCUT2D eigenvalue weighted by atomic mass is 9.91. The second-order valence-corrected chi connectivity index (χ2v) is 7.03. The van der Waals surface area contributed by atoms with Gasteiger partial charge in [0.1, 0.15) is 5.75 Å². The van der Waals surface area contributed by atoms with E-state index < -0.39 is 0 Å². The number of hydrogen-bond acceptors (Lipinski definition) is 4. The predicted molar refractivity (Wildman–Crippen MR) is 97.2 cm³/mol. The lowest BCUT2D eigenvalue weighted by Crippen LogP contribution is -2.43. The number of allylic oxidation sites excluding steroid dienone is 1. The third kappa shape index (κ3) is 4.55. The number of aliphatic hydroxyl groups is 1. The van der Waals surface area contributed by atoms with Crippen LogP contribution in [0.4, 0.5) is 0 Å². The maximum atomic E-state index is 12.2. The van der Waals surface area contributed by atoms with Crippen molar-refractivity contribution < 1.29 is 15.0 Å². The second kappa shape index (κ2) is 7.93. The fraction of sp³-hybridized carbons (Fsp3) is 0.421. The fourth-order valence-electron chi connectivity index (χ4n) is 3.40. The molecular formula is C19H23ClN2O3. The molecule has 25 heavy (non-hydrogen) atoms. The van der Waals surface area contributed by atoms with Gasteiger partial charge in [0, 0.05) is 29.0 Å². The van der Waals surface area contributed by atoms with Crippen molar-refractivity contribution in [3.05, 3.63) is 52.8 Å². The highest BCUT2D eigenvalue weighted by atomic mass is 35.5. The van der Waals surface area contributed by atoms with Gasteiger partial charge in [-0.15, -0.1) is 0 Å². The number of nitrogens with one attached hydrogen (secondary N) is 1. The molecule has 0 radical (unpaired) electrons. The van der Waals surface area contributed by atoms with Crippen LogP contribution in [0.2, 0.25) is 5.02 Å². The summed E-state index contributed by atoms with van der Waals surface area (Å²) >= 11 is 5.90. The molecule has 1 fully saturated rings. The SMILES string of the molecule is O=C(Cc1cc(Cl)ccc1O)NC1=CCN([C@@H]2CCCC[C@H]2O)C=C1. The molecule has 1 aromatic rings. The van der Waals surface area contributed by atoms with Gasteiger partial charge in [0.2, 0.25) is 5.91 Å². The molecule has 1 amide bonds. The molecule has 0 bridgehead atoms. The standard InChI is InChI=1S/C19H23ClN2O3/c20-14-5-6-17(23)13(11-14)12-19(25)21-15-7-9-22(10-8-15)16-3-1-2-4-18(16)24/h5-9,11,16,18,23-24H,1-4,10,12H2,(H,21,25)/t16-,18-/m1/s1. The van der Waals surface area contributed by atoms with E-state index in [9.17, 15) is 15.0 Å². The first-order chi connectivity index (χ1) is 12.0. The molecule has 0 spiro atoms. The molecule has 6 heteroatoms. The van der Waals surface area contributed by atoms with Crippen molar-refractivity contribution in [1.82, 2.24) is 10.2 Å². The molecule has 2 atom stereocenters. The van der Waals surface area contributed by atoms with Crippen molar-refractivity contribution in [2.75, 3.05) is 6.54 Å². The number of phenolic OH excluding ortho intramolecular Hbond substituents is 1. The first-order valence-corrected chi connectivity index (χ1v) is 9.00. The van der Waals surface area contributed by atoms with Crippen LogP contribution >= 0.6 is 11.6 Å². The van der Waals surface area contributed by atoms with Crippen molar-refractivity contribution in [3.63, 3.8) is 0 Å². The quantitative estimate of drug-likeness (QED) is 0.770. The molecular weight excluding hydrogens is 340 g/mol. The highest BCUT2D eigenvalue weighted by molar-refractivity contribution is 6.30. The van der Waals surface area contributed by atoms with Gasteiger partial charge in [0.25, 0.3) is 0 Å². The highest BCUT2D eigenvalue weighted by Crippen LogP contribution is 2.25. The van der Waals surface area contributed by atoms with E-state index in [1.165, 1.54) is 6.07 Å². The first kappa shape index (κ1) is 17.8. The van der Waals surface area contributed by atoms with E-state index in [2.05, 4.69) is 10.2 Å². The fourth-order valence-corrected chi connectivity index (χ4v) is 3.59. The van der Waals surface area contributed by atoms with Crippen LogP contribution in [0, 0.1) is 0 Å². The van der Waals surface area contributed by atoms with Gasteiger partial charge in [0.05, 0.1) is 18.6 Å². The summed E-state index contributed by atoms with van der Waals surface area (Å²) in [5, 5.41) is 23.3. The third-order valence-corrected chi connectivity index (χ3v) is 5.00. The van der Waals surface area contributed by atoms with Crippen LogP contribution in [-0.2, 0) is 11.2 Å². The molecule has 1 aromatic carbocycles. The van der Waals surface area contributed by atoms with Crippen LogP contribution in [0.5, 0.6) is 5.75 Å². The Morgan fingerprint density at radius 1 is 1.32 bits per heavy atom. The maximum Gasteiger partial charge on any atom is 0.228 e. The van der Waals surface area contributed by atoms with Gasteiger partial charge < -0.3 is 20.4 Å². The Balaban J connectivity index is 1.55. The van der Waals surface area contributed by atoms with E-state index in [1.54, 1.807) is 12.1 Å². The number of rotatable bonds is 4. The Morgan fingerprint density at radius 2 is 2.12 bits per heavy atom. The van der Waals surface area contributed by atoms with Gasteiger partial charge in [-0.1, -0.05) is 24.4 Å². The topological polar surface area (TPSA) is 72.8 Å². The lowest BCUT2D eigenvalue weighted by Gasteiger charge is -2.37. The second-order valence-electron chi connectivity index (χ2n) is 6.59. The zero-order chi connectivity index (χ0) is 17.8. The minimum absolute atomic E-state index is 0.0582. The van der Waals surface area contributed by atoms with E-state index in [4.69, 9.17) is 11.6 Å². The van der Waals surface area contributed by atoms with Gasteiger partial charge in [-0.2, -0.15) is 0 Å². The van der Waals surface area contributed by atoms with Crippen molar-refractivity contribution in [2.24, 2.45) is 0 Å². The number of halogens is 1. The van der Waals surface area contributed by atoms with Crippen LogP contribution in [0.15, 0.2) is 42.2 Å². The molecule has 1 heterocycles. The van der Waals surface area contributed by atoms with Crippen molar-refractivity contribution in [3.8, 4) is 5.75 Å². The van der Waals surface area contributed by atoms with E-state index in [1.807, 2.05) is 18.4 Å². The van der Waals surface area contributed by atoms with Crippen LogP contribution in [0.1, 0.15) is 31.2 Å². The van der Waals surface area contributed by atoms with Crippen molar-refractivity contribution in [1.29, 1.82) is 0 Å². The predicted octanol–water partition coefficient (Wildman–Crippen LogP) is 2.72. The molecule has 5 nitrogen and oxygen atoms in total. The summed E-state index contributed by atoms with van der Waals surface area (Å²) in [6.45, 7) is 0.663. The summed E-state index contributed by atoms with van der Waals surface area (Å²) in [6, 6.07) is 4.81. The molecule has 1 saturated carbocycles. The summed E-state index contributed by atoms with van der Waals surface area (Å²) in [7, 11) is 0. The van der Waals surface area contributed by atoms with Gasteiger partial charge in [-0.3, -0.25) is 4.79 Å². The zero-order valence-electron chi connectivity index (χ0n) is 14.0. The number of carbonyl (C=O) groups is 1. The van der Waals surface area contributed by atoms with Gasteiger partial charge >= 0.3 is 0 Å². The molecule has 2 aliphatic rings. The third-order valence-electron chi connectivity index (χ3n) is 4.76. The smallest absolute Gasteiger partial charge is 0.228 e. The Morgan fingerprint density at radius 3 is 2.84 bits per heavy atom. The molecule has 3 rings (SSSR count). The first-order valence-electron chi connectivity index (χ1n) is 8.62. The number of aliphatic hydroxyl groups excluding tert-OH is 1. The van der Waals surface area contributed by atoms with E-state index in [0.29, 0.717) is 17.1 Å². The lowest BCUT2D eigenvalue weighted by molar-refractivity contribution is -0.119. The number of aromatic hydroxyl groups is 1. The average Bonchev–Trinajstić information content (AvgIpc) is 2.59. The number of carbonyl (C=O) groups excluding carboxylic acids is 1. The summed E-state index contributed by atoms with van der Waals surface area (Å²) < 4.78 is 0. The van der Waals surface area contributed by atoms with Gasteiger partial charge in [-0.25, -0.2) is 0 Å². The molecule has 0 saturated heterocycles.